The van der Waals surface area contributed by atoms with Crippen molar-refractivity contribution in [3.8, 4) is 22.5 Å². The Hall–Kier alpha value is -5.64. The third-order valence-corrected chi connectivity index (χ3v) is 10.8. The molecule has 0 saturated carbocycles. The molecule has 0 radical (unpaired) electrons. The first-order chi connectivity index (χ1) is 22.7. The smallest absolute Gasteiger partial charge is 0.0788 e. The second-order valence-electron chi connectivity index (χ2n) is 12.2. The average molecular weight is 605 g/mol. The average Bonchev–Trinajstić information content (AvgIpc) is 3.77. The lowest BCUT2D eigenvalue weighted by Gasteiger charge is -2.13. The molecule has 0 aliphatic carbocycles. The van der Waals surface area contributed by atoms with E-state index in [1.807, 2.05) is 11.3 Å². The van der Waals surface area contributed by atoms with Crippen molar-refractivity contribution in [1.82, 2.24) is 9.13 Å². The Kier molecular flexibility index (Phi) is 5.40. The first-order valence-corrected chi connectivity index (χ1v) is 16.6. The normalized spacial score (nSPS) is 12.0. The monoisotopic (exact) mass is 604 g/mol. The van der Waals surface area contributed by atoms with E-state index in [4.69, 9.17) is 0 Å². The van der Waals surface area contributed by atoms with Crippen molar-refractivity contribution in [2.75, 3.05) is 0 Å². The summed E-state index contributed by atoms with van der Waals surface area (Å²) in [6.45, 7) is 2.15. The van der Waals surface area contributed by atoms with Gasteiger partial charge >= 0.3 is 0 Å². The van der Waals surface area contributed by atoms with Crippen molar-refractivity contribution in [3.63, 3.8) is 0 Å². The predicted octanol–water partition coefficient (Wildman–Crippen LogP) is 12.2. The fourth-order valence-corrected chi connectivity index (χ4v) is 8.73. The van der Waals surface area contributed by atoms with E-state index < -0.39 is 0 Å². The van der Waals surface area contributed by atoms with Gasteiger partial charge < -0.3 is 9.13 Å². The van der Waals surface area contributed by atoms with Crippen molar-refractivity contribution < 1.29 is 0 Å². The van der Waals surface area contributed by atoms with Crippen LogP contribution in [0.15, 0.2) is 152 Å². The number of nitrogens with zero attached hydrogens (tertiary/aromatic N) is 2. The van der Waals surface area contributed by atoms with E-state index in [1.54, 1.807) is 0 Å². The summed E-state index contributed by atoms with van der Waals surface area (Å²) in [5.74, 6) is 0. The van der Waals surface area contributed by atoms with Gasteiger partial charge in [0, 0.05) is 53.1 Å². The molecule has 7 aromatic carbocycles. The maximum atomic E-state index is 2.47. The molecule has 0 aliphatic rings. The van der Waals surface area contributed by atoms with Crippen LogP contribution in [-0.4, -0.2) is 9.13 Å². The van der Waals surface area contributed by atoms with E-state index in [0.717, 1.165) is 5.69 Å². The van der Waals surface area contributed by atoms with Crippen LogP contribution in [0, 0.1) is 6.92 Å². The number of para-hydroxylation sites is 2. The number of thiophene rings is 1. The largest absolute Gasteiger partial charge is 0.307 e. The van der Waals surface area contributed by atoms with Crippen molar-refractivity contribution >= 4 is 75.1 Å². The molecular formula is C43H28N2S. The van der Waals surface area contributed by atoms with Crippen LogP contribution in [0.3, 0.4) is 0 Å². The van der Waals surface area contributed by atoms with Gasteiger partial charge in [-0.05, 0) is 60.5 Å². The second-order valence-corrected chi connectivity index (χ2v) is 13.3. The zero-order valence-electron chi connectivity index (χ0n) is 25.2. The van der Waals surface area contributed by atoms with Crippen LogP contribution in [-0.2, 0) is 0 Å². The van der Waals surface area contributed by atoms with Gasteiger partial charge in [0.15, 0.2) is 0 Å². The summed E-state index contributed by atoms with van der Waals surface area (Å²) in [5.41, 5.74) is 11.0. The number of aryl methyl sites for hydroxylation is 1. The Morgan fingerprint density at radius 2 is 0.935 bits per heavy atom. The molecule has 0 N–H and O–H groups in total. The van der Waals surface area contributed by atoms with Crippen LogP contribution in [0.1, 0.15) is 5.56 Å². The third kappa shape index (κ3) is 3.58. The van der Waals surface area contributed by atoms with Gasteiger partial charge in [0.05, 0.1) is 22.1 Å². The van der Waals surface area contributed by atoms with E-state index in [-0.39, 0.29) is 0 Å². The molecule has 0 spiro atoms. The molecule has 3 heterocycles. The lowest BCUT2D eigenvalue weighted by Crippen LogP contribution is -1.98. The first-order valence-electron chi connectivity index (χ1n) is 15.8. The Labute approximate surface area is 270 Å². The van der Waals surface area contributed by atoms with Gasteiger partial charge in [0.2, 0.25) is 0 Å². The highest BCUT2D eigenvalue weighted by atomic mass is 32.1. The summed E-state index contributed by atoms with van der Waals surface area (Å²) >= 11 is 1.88. The van der Waals surface area contributed by atoms with Gasteiger partial charge in [0.1, 0.15) is 0 Å². The molecule has 0 unspecified atom stereocenters. The van der Waals surface area contributed by atoms with E-state index in [2.05, 4.69) is 168 Å². The van der Waals surface area contributed by atoms with E-state index >= 15 is 0 Å². The molecule has 0 fully saturated rings. The molecule has 0 saturated heterocycles. The van der Waals surface area contributed by atoms with E-state index in [0.29, 0.717) is 0 Å². The molecule has 46 heavy (non-hydrogen) atoms. The molecule has 216 valence electrons. The number of rotatable bonds is 3. The lowest BCUT2D eigenvalue weighted by molar-refractivity contribution is 1.15. The van der Waals surface area contributed by atoms with Crippen LogP contribution < -0.4 is 0 Å². The molecule has 2 nitrogen and oxygen atoms in total. The number of hydrogen-bond donors (Lipinski definition) is 0. The highest BCUT2D eigenvalue weighted by molar-refractivity contribution is 7.26. The predicted molar refractivity (Wildman–Crippen MR) is 198 cm³/mol. The maximum absolute atomic E-state index is 2.47. The fourth-order valence-electron chi connectivity index (χ4n) is 7.50. The quantitative estimate of drug-likeness (QED) is 0.190. The van der Waals surface area contributed by atoms with Gasteiger partial charge in [-0.1, -0.05) is 115 Å². The molecule has 0 aliphatic heterocycles. The van der Waals surface area contributed by atoms with Crippen LogP contribution in [0.25, 0.3) is 86.3 Å². The van der Waals surface area contributed by atoms with E-state index in [9.17, 15) is 0 Å². The number of fused-ring (bicyclic) bond motifs is 10. The van der Waals surface area contributed by atoms with Gasteiger partial charge in [-0.25, -0.2) is 0 Å². The van der Waals surface area contributed by atoms with Crippen molar-refractivity contribution in [3.05, 3.63) is 157 Å². The molecular weight excluding hydrogens is 577 g/mol. The minimum atomic E-state index is 1.16. The SMILES string of the molecule is Cc1ccc(-n2c3ccccc3c3ccc4c5ccccc5n(-c5ccc(-c6cccc7c6sc6ccccc67)cc5)c4c32)cc1. The topological polar surface area (TPSA) is 9.86 Å². The third-order valence-electron chi connectivity index (χ3n) is 9.60. The summed E-state index contributed by atoms with van der Waals surface area (Å²) in [6.07, 6.45) is 0. The Balaban J connectivity index is 1.26. The molecule has 3 heteroatoms. The lowest BCUT2D eigenvalue weighted by atomic mass is 10.0. The zero-order valence-corrected chi connectivity index (χ0v) is 26.1. The van der Waals surface area contributed by atoms with E-state index in [1.165, 1.54) is 86.2 Å². The highest BCUT2D eigenvalue weighted by Gasteiger charge is 2.21. The molecule has 10 rings (SSSR count). The molecule has 0 amide bonds. The van der Waals surface area contributed by atoms with Gasteiger partial charge in [-0.3, -0.25) is 0 Å². The fraction of sp³-hybridized carbons (Fsp3) is 0.0233. The van der Waals surface area contributed by atoms with Crippen LogP contribution in [0.2, 0.25) is 0 Å². The summed E-state index contributed by atoms with van der Waals surface area (Å²) in [4.78, 5) is 0. The second kappa shape index (κ2) is 9.68. The highest BCUT2D eigenvalue weighted by Crippen LogP contribution is 2.43. The minimum absolute atomic E-state index is 1.16. The van der Waals surface area contributed by atoms with Crippen LogP contribution in [0.4, 0.5) is 0 Å². The molecule has 3 aromatic heterocycles. The first kappa shape index (κ1) is 25.7. The molecule has 0 bridgehead atoms. The van der Waals surface area contributed by atoms with Crippen LogP contribution in [0.5, 0.6) is 0 Å². The van der Waals surface area contributed by atoms with Crippen molar-refractivity contribution in [1.29, 1.82) is 0 Å². The van der Waals surface area contributed by atoms with Gasteiger partial charge in [-0.15, -0.1) is 11.3 Å². The van der Waals surface area contributed by atoms with Gasteiger partial charge in [-0.2, -0.15) is 0 Å². The van der Waals surface area contributed by atoms with Crippen molar-refractivity contribution in [2.45, 2.75) is 6.92 Å². The zero-order chi connectivity index (χ0) is 30.4. The Bertz CT molecular complexity index is 2790. The summed E-state index contributed by atoms with van der Waals surface area (Å²) in [7, 11) is 0. The minimum Gasteiger partial charge on any atom is -0.307 e. The van der Waals surface area contributed by atoms with Crippen LogP contribution >= 0.6 is 11.3 Å². The molecule has 0 atom stereocenters. The molecule has 10 aromatic rings. The maximum Gasteiger partial charge on any atom is 0.0788 e. The summed E-state index contributed by atoms with van der Waals surface area (Å²) in [6, 6.07) is 55.8. The standard InChI is InChI=1S/C43H28N2S/c1-27-17-21-29(22-18-27)44-38-14-5-2-9-32(38)35-25-26-36-33-10-3-6-15-39(33)45(42(36)41(35)44)30-23-19-28(20-24-30)31-12-8-13-37-34-11-4-7-16-40(34)46-43(31)37/h2-26H,1H3. The summed E-state index contributed by atoms with van der Waals surface area (Å²) in [5, 5.41) is 7.72. The number of hydrogen-bond acceptors (Lipinski definition) is 1. The number of aromatic nitrogens is 2. The summed E-state index contributed by atoms with van der Waals surface area (Å²) < 4.78 is 7.61. The van der Waals surface area contributed by atoms with Gasteiger partial charge in [0.25, 0.3) is 0 Å². The van der Waals surface area contributed by atoms with Crippen molar-refractivity contribution in [2.24, 2.45) is 0 Å². The Morgan fingerprint density at radius 1 is 0.413 bits per heavy atom. The Morgan fingerprint density at radius 3 is 1.57 bits per heavy atom. The number of benzene rings is 7.